The number of ether oxygens (including phenoxy) is 1. The van der Waals surface area contributed by atoms with Crippen molar-refractivity contribution in [3.63, 3.8) is 0 Å². The van der Waals surface area contributed by atoms with Crippen LogP contribution in [0.3, 0.4) is 0 Å². The first-order chi connectivity index (χ1) is 7.61. The molecule has 16 heavy (non-hydrogen) atoms. The highest BCUT2D eigenvalue weighted by Crippen LogP contribution is 2.00. The van der Waals surface area contributed by atoms with Gasteiger partial charge in [-0.2, -0.15) is 0 Å². The lowest BCUT2D eigenvalue weighted by molar-refractivity contribution is -0.142. The third kappa shape index (κ3) is 7.00. The van der Waals surface area contributed by atoms with Crippen LogP contribution in [-0.2, 0) is 14.3 Å². The fourth-order valence-electron chi connectivity index (χ4n) is 1.14. The van der Waals surface area contributed by atoms with Crippen molar-refractivity contribution in [1.82, 2.24) is 5.32 Å². The summed E-state index contributed by atoms with van der Waals surface area (Å²) in [5.41, 5.74) is 0. The lowest BCUT2D eigenvalue weighted by atomic mass is 10.1. The summed E-state index contributed by atoms with van der Waals surface area (Å²) < 4.78 is 4.91. The number of unbranched alkanes of at least 4 members (excludes halogenated alkanes) is 1. The first-order valence-corrected chi connectivity index (χ1v) is 5.32. The van der Waals surface area contributed by atoms with Gasteiger partial charge in [0.15, 0.2) is 0 Å². The molecule has 1 unspecified atom stereocenters. The van der Waals surface area contributed by atoms with Gasteiger partial charge in [0.2, 0.25) is 5.91 Å². The van der Waals surface area contributed by atoms with Crippen molar-refractivity contribution < 1.29 is 19.4 Å². The average Bonchev–Trinajstić information content (AvgIpc) is 2.24. The standard InChI is InChI=1S/C11H19NO4/c1-3-5-6-9(11(14)15)12-10(13)8-16-7-4-2/h4,9H,2-3,5-8H2,1H3,(H,12,13)(H,14,15). The van der Waals surface area contributed by atoms with Crippen LogP contribution in [0, 0.1) is 0 Å². The Morgan fingerprint density at radius 3 is 2.75 bits per heavy atom. The third-order valence-corrected chi connectivity index (χ3v) is 1.95. The Balaban J connectivity index is 3.92. The number of hydrogen-bond acceptors (Lipinski definition) is 3. The van der Waals surface area contributed by atoms with E-state index >= 15 is 0 Å². The Morgan fingerprint density at radius 1 is 1.56 bits per heavy atom. The van der Waals surface area contributed by atoms with Gasteiger partial charge in [-0.05, 0) is 6.42 Å². The van der Waals surface area contributed by atoms with Gasteiger partial charge in [-0.1, -0.05) is 25.8 Å². The Kier molecular flexibility index (Phi) is 8.15. The lowest BCUT2D eigenvalue weighted by Gasteiger charge is -2.13. The fraction of sp³-hybridized carbons (Fsp3) is 0.636. The molecule has 0 aromatic heterocycles. The molecule has 0 aliphatic carbocycles. The molecule has 5 heteroatoms. The van der Waals surface area contributed by atoms with Crippen molar-refractivity contribution in [2.24, 2.45) is 0 Å². The van der Waals surface area contributed by atoms with Gasteiger partial charge < -0.3 is 15.2 Å². The zero-order chi connectivity index (χ0) is 12.4. The summed E-state index contributed by atoms with van der Waals surface area (Å²) in [5.74, 6) is -1.42. The maximum Gasteiger partial charge on any atom is 0.326 e. The van der Waals surface area contributed by atoms with Crippen molar-refractivity contribution in [2.75, 3.05) is 13.2 Å². The molecule has 1 atom stereocenters. The molecule has 2 N–H and O–H groups in total. The molecule has 0 bridgehead atoms. The largest absolute Gasteiger partial charge is 0.480 e. The monoisotopic (exact) mass is 229 g/mol. The minimum absolute atomic E-state index is 0.137. The molecule has 0 saturated carbocycles. The number of nitrogens with one attached hydrogen (secondary N) is 1. The number of carboxylic acid groups (broad SMARTS) is 1. The molecule has 0 spiro atoms. The van der Waals surface area contributed by atoms with Gasteiger partial charge in [-0.3, -0.25) is 4.79 Å². The van der Waals surface area contributed by atoms with E-state index in [0.717, 1.165) is 12.8 Å². The summed E-state index contributed by atoms with van der Waals surface area (Å²) in [6, 6.07) is -0.820. The Bertz CT molecular complexity index is 240. The molecular formula is C11H19NO4. The van der Waals surface area contributed by atoms with Gasteiger partial charge >= 0.3 is 5.97 Å². The van der Waals surface area contributed by atoms with Gasteiger partial charge in [-0.15, -0.1) is 6.58 Å². The highest BCUT2D eigenvalue weighted by Gasteiger charge is 2.18. The molecule has 0 radical (unpaired) electrons. The van der Waals surface area contributed by atoms with E-state index in [9.17, 15) is 9.59 Å². The number of rotatable bonds is 9. The van der Waals surface area contributed by atoms with E-state index in [-0.39, 0.29) is 13.2 Å². The van der Waals surface area contributed by atoms with Crippen molar-refractivity contribution in [3.05, 3.63) is 12.7 Å². The second-order valence-electron chi connectivity index (χ2n) is 3.40. The van der Waals surface area contributed by atoms with E-state index < -0.39 is 17.9 Å². The second kappa shape index (κ2) is 8.91. The van der Waals surface area contributed by atoms with E-state index in [1.54, 1.807) is 0 Å². The lowest BCUT2D eigenvalue weighted by Crippen LogP contribution is -2.42. The van der Waals surface area contributed by atoms with Gasteiger partial charge in [-0.25, -0.2) is 4.79 Å². The summed E-state index contributed by atoms with van der Waals surface area (Å²) in [4.78, 5) is 22.1. The van der Waals surface area contributed by atoms with Crippen molar-refractivity contribution in [3.8, 4) is 0 Å². The minimum Gasteiger partial charge on any atom is -0.480 e. The number of aliphatic carboxylic acids is 1. The van der Waals surface area contributed by atoms with Crippen molar-refractivity contribution in [1.29, 1.82) is 0 Å². The maximum atomic E-state index is 11.3. The topological polar surface area (TPSA) is 75.6 Å². The minimum atomic E-state index is -1.01. The van der Waals surface area contributed by atoms with Gasteiger partial charge in [0.25, 0.3) is 0 Å². The van der Waals surface area contributed by atoms with E-state index in [1.165, 1.54) is 6.08 Å². The highest BCUT2D eigenvalue weighted by molar-refractivity contribution is 5.84. The number of amides is 1. The highest BCUT2D eigenvalue weighted by atomic mass is 16.5. The first kappa shape index (κ1) is 14.6. The van der Waals surface area contributed by atoms with Gasteiger partial charge in [0, 0.05) is 0 Å². The molecule has 92 valence electrons. The third-order valence-electron chi connectivity index (χ3n) is 1.95. The average molecular weight is 229 g/mol. The quantitative estimate of drug-likeness (QED) is 0.456. The molecule has 0 rings (SSSR count). The molecule has 0 saturated heterocycles. The second-order valence-corrected chi connectivity index (χ2v) is 3.40. The zero-order valence-corrected chi connectivity index (χ0v) is 9.57. The molecule has 0 aromatic rings. The van der Waals surface area contributed by atoms with Crippen LogP contribution in [0.25, 0.3) is 0 Å². The number of hydrogen-bond donors (Lipinski definition) is 2. The molecule has 0 aliphatic heterocycles. The summed E-state index contributed by atoms with van der Waals surface area (Å²) >= 11 is 0. The molecule has 0 aromatic carbocycles. The molecule has 5 nitrogen and oxygen atoms in total. The van der Waals surface area contributed by atoms with Gasteiger partial charge in [0.05, 0.1) is 6.61 Å². The maximum absolute atomic E-state index is 11.3. The summed E-state index contributed by atoms with van der Waals surface area (Å²) in [6.07, 6.45) is 3.63. The predicted octanol–water partition coefficient (Wildman–Crippen LogP) is 0.949. The molecule has 0 heterocycles. The van der Waals surface area contributed by atoms with Crippen molar-refractivity contribution in [2.45, 2.75) is 32.2 Å². The van der Waals surface area contributed by atoms with Crippen LogP contribution in [0.15, 0.2) is 12.7 Å². The van der Waals surface area contributed by atoms with E-state index in [2.05, 4.69) is 11.9 Å². The summed E-state index contributed by atoms with van der Waals surface area (Å²) in [6.45, 7) is 5.54. The summed E-state index contributed by atoms with van der Waals surface area (Å²) in [5, 5.41) is 11.3. The van der Waals surface area contributed by atoms with E-state index in [1.807, 2.05) is 6.92 Å². The van der Waals surface area contributed by atoms with Crippen LogP contribution in [-0.4, -0.2) is 36.2 Å². The SMILES string of the molecule is C=CCOCC(=O)NC(CCCC)C(=O)O. The predicted molar refractivity (Wildman–Crippen MR) is 60.1 cm³/mol. The van der Waals surface area contributed by atoms with E-state index in [4.69, 9.17) is 9.84 Å². The smallest absolute Gasteiger partial charge is 0.326 e. The van der Waals surface area contributed by atoms with Crippen LogP contribution in [0.4, 0.5) is 0 Å². The molecule has 1 amide bonds. The molecule has 0 fully saturated rings. The molecule has 0 aliphatic rings. The van der Waals surface area contributed by atoms with Crippen molar-refractivity contribution >= 4 is 11.9 Å². The summed E-state index contributed by atoms with van der Waals surface area (Å²) in [7, 11) is 0. The van der Waals surface area contributed by atoms with Crippen LogP contribution in [0.2, 0.25) is 0 Å². The fourth-order valence-corrected chi connectivity index (χ4v) is 1.14. The normalized spacial score (nSPS) is 11.8. The Hall–Kier alpha value is -1.36. The van der Waals surface area contributed by atoms with E-state index in [0.29, 0.717) is 6.42 Å². The zero-order valence-electron chi connectivity index (χ0n) is 9.57. The van der Waals surface area contributed by atoms with Crippen LogP contribution in [0.1, 0.15) is 26.2 Å². The van der Waals surface area contributed by atoms with Crippen LogP contribution < -0.4 is 5.32 Å². The van der Waals surface area contributed by atoms with Crippen LogP contribution in [0.5, 0.6) is 0 Å². The number of carboxylic acids is 1. The number of carbonyl (C=O) groups excluding carboxylic acids is 1. The molecular weight excluding hydrogens is 210 g/mol. The Labute approximate surface area is 95.5 Å². The van der Waals surface area contributed by atoms with Crippen LogP contribution >= 0.6 is 0 Å². The van der Waals surface area contributed by atoms with Gasteiger partial charge in [0.1, 0.15) is 12.6 Å². The Morgan fingerprint density at radius 2 is 2.25 bits per heavy atom. The number of carbonyl (C=O) groups is 2. The first-order valence-electron chi connectivity index (χ1n) is 5.32.